The summed E-state index contributed by atoms with van der Waals surface area (Å²) in [5.74, 6) is -0.954. The van der Waals surface area contributed by atoms with Gasteiger partial charge in [-0.1, -0.05) is 13.0 Å². The molecule has 0 aliphatic carbocycles. The van der Waals surface area contributed by atoms with Gasteiger partial charge >= 0.3 is 6.18 Å². The highest BCUT2D eigenvalue weighted by molar-refractivity contribution is 5.80. The molecule has 2 N–H and O–H groups in total. The van der Waals surface area contributed by atoms with Crippen LogP contribution in [0.15, 0.2) is 23.2 Å². The fraction of sp³-hybridized carbons (Fsp3) is 0.462. The number of nitrogens with zero attached hydrogens (tertiary/aromatic N) is 2. The second-order valence-corrected chi connectivity index (χ2v) is 4.65. The minimum atomic E-state index is -4.71. The molecule has 1 aliphatic heterocycles. The Morgan fingerprint density at radius 2 is 2.10 bits per heavy atom. The Balaban J connectivity index is 2.34. The van der Waals surface area contributed by atoms with Gasteiger partial charge in [-0.2, -0.15) is 13.2 Å². The number of guanidine groups is 1. The first-order valence-corrected chi connectivity index (χ1v) is 6.27. The summed E-state index contributed by atoms with van der Waals surface area (Å²) in [5.41, 5.74) is 4.84. The van der Waals surface area contributed by atoms with Gasteiger partial charge in [-0.05, 0) is 24.1 Å². The third kappa shape index (κ3) is 2.71. The molecule has 7 heteroatoms. The summed E-state index contributed by atoms with van der Waals surface area (Å²) >= 11 is 0. The molecule has 0 spiro atoms. The predicted octanol–water partition coefficient (Wildman–Crippen LogP) is 2.93. The zero-order chi connectivity index (χ0) is 14.9. The molecule has 3 nitrogen and oxygen atoms in total. The SMILES string of the molecule is CCCN1C(N)=NCC1c1ccc(F)c(C(F)(F)F)c1. The number of nitrogens with two attached hydrogens (primary N) is 1. The van der Waals surface area contributed by atoms with Crippen molar-refractivity contribution in [2.24, 2.45) is 10.7 Å². The van der Waals surface area contributed by atoms with Gasteiger partial charge in [-0.25, -0.2) is 4.39 Å². The average molecular weight is 289 g/mol. The lowest BCUT2D eigenvalue weighted by atomic mass is 10.0. The van der Waals surface area contributed by atoms with Gasteiger partial charge in [0.15, 0.2) is 5.96 Å². The second kappa shape index (κ2) is 5.30. The van der Waals surface area contributed by atoms with E-state index in [-0.39, 0.29) is 12.6 Å². The molecule has 1 aromatic carbocycles. The standard InChI is InChI=1S/C13H15F4N3/c1-2-5-20-11(7-19-12(20)18)8-3-4-10(14)9(6-8)13(15,16)17/h3-4,6,11H,2,5,7H2,1H3,(H2,18,19). The number of rotatable bonds is 3. The zero-order valence-corrected chi connectivity index (χ0v) is 10.9. The highest BCUT2D eigenvalue weighted by Crippen LogP contribution is 2.35. The quantitative estimate of drug-likeness (QED) is 0.869. The molecular weight excluding hydrogens is 274 g/mol. The van der Waals surface area contributed by atoms with Crippen LogP contribution in [0.4, 0.5) is 17.6 Å². The van der Waals surface area contributed by atoms with E-state index in [2.05, 4.69) is 4.99 Å². The topological polar surface area (TPSA) is 41.6 Å². The van der Waals surface area contributed by atoms with E-state index in [9.17, 15) is 17.6 Å². The maximum Gasteiger partial charge on any atom is 0.419 e. The zero-order valence-electron chi connectivity index (χ0n) is 10.9. The summed E-state index contributed by atoms with van der Waals surface area (Å²) in [7, 11) is 0. The van der Waals surface area contributed by atoms with Gasteiger partial charge in [-0.15, -0.1) is 0 Å². The van der Waals surface area contributed by atoms with Gasteiger partial charge in [0, 0.05) is 6.54 Å². The van der Waals surface area contributed by atoms with E-state index in [0.29, 0.717) is 18.1 Å². The van der Waals surface area contributed by atoms with Crippen molar-refractivity contribution in [2.45, 2.75) is 25.6 Å². The summed E-state index contributed by atoms with van der Waals surface area (Å²) < 4.78 is 51.5. The van der Waals surface area contributed by atoms with Gasteiger partial charge in [0.05, 0.1) is 18.2 Å². The van der Waals surface area contributed by atoms with Crippen LogP contribution in [0.25, 0.3) is 0 Å². The molecule has 0 fully saturated rings. The fourth-order valence-electron chi connectivity index (χ4n) is 2.29. The number of alkyl halides is 3. The van der Waals surface area contributed by atoms with Gasteiger partial charge in [-0.3, -0.25) is 4.99 Å². The maximum atomic E-state index is 13.3. The molecule has 20 heavy (non-hydrogen) atoms. The monoisotopic (exact) mass is 289 g/mol. The van der Waals surface area contributed by atoms with Crippen molar-refractivity contribution < 1.29 is 17.6 Å². The third-order valence-electron chi connectivity index (χ3n) is 3.24. The lowest BCUT2D eigenvalue weighted by Crippen LogP contribution is -2.36. The van der Waals surface area contributed by atoms with Crippen LogP contribution in [0.5, 0.6) is 0 Å². The van der Waals surface area contributed by atoms with Crippen molar-refractivity contribution in [3.63, 3.8) is 0 Å². The smallest absolute Gasteiger partial charge is 0.370 e. The minimum absolute atomic E-state index is 0.286. The van der Waals surface area contributed by atoms with Crippen LogP contribution in [-0.4, -0.2) is 23.9 Å². The number of benzene rings is 1. The molecule has 0 radical (unpaired) electrons. The first kappa shape index (κ1) is 14.6. The molecule has 0 aromatic heterocycles. The molecule has 0 saturated carbocycles. The number of hydrogen-bond donors (Lipinski definition) is 1. The van der Waals surface area contributed by atoms with Gasteiger partial charge in [0.25, 0.3) is 0 Å². The Morgan fingerprint density at radius 1 is 1.40 bits per heavy atom. The highest BCUT2D eigenvalue weighted by Gasteiger charge is 2.36. The highest BCUT2D eigenvalue weighted by atomic mass is 19.4. The van der Waals surface area contributed by atoms with Gasteiger partial charge in [0.1, 0.15) is 5.82 Å². The Morgan fingerprint density at radius 3 is 2.70 bits per heavy atom. The van der Waals surface area contributed by atoms with Crippen LogP contribution in [0.3, 0.4) is 0 Å². The van der Waals surface area contributed by atoms with E-state index in [1.54, 1.807) is 4.90 Å². The summed E-state index contributed by atoms with van der Waals surface area (Å²) in [6, 6.07) is 2.68. The summed E-state index contributed by atoms with van der Waals surface area (Å²) in [4.78, 5) is 5.80. The molecule has 2 rings (SSSR count). The van der Waals surface area contributed by atoms with Crippen molar-refractivity contribution in [1.82, 2.24) is 4.90 Å². The predicted molar refractivity (Wildman–Crippen MR) is 67.6 cm³/mol. The van der Waals surface area contributed by atoms with E-state index in [1.165, 1.54) is 6.07 Å². The Labute approximate surface area is 114 Å². The van der Waals surface area contributed by atoms with Crippen molar-refractivity contribution in [3.8, 4) is 0 Å². The molecule has 1 heterocycles. The van der Waals surface area contributed by atoms with Crippen LogP contribution in [-0.2, 0) is 6.18 Å². The van der Waals surface area contributed by atoms with E-state index < -0.39 is 17.6 Å². The molecule has 1 aliphatic rings. The van der Waals surface area contributed by atoms with Crippen LogP contribution < -0.4 is 5.73 Å². The van der Waals surface area contributed by atoms with Crippen molar-refractivity contribution in [2.75, 3.05) is 13.1 Å². The number of hydrogen-bond acceptors (Lipinski definition) is 3. The fourth-order valence-corrected chi connectivity index (χ4v) is 2.29. The maximum absolute atomic E-state index is 13.3. The second-order valence-electron chi connectivity index (χ2n) is 4.65. The van der Waals surface area contributed by atoms with Gasteiger partial charge < -0.3 is 10.6 Å². The van der Waals surface area contributed by atoms with E-state index in [4.69, 9.17) is 5.73 Å². The van der Waals surface area contributed by atoms with Crippen molar-refractivity contribution >= 4 is 5.96 Å². The Bertz CT molecular complexity index is 525. The number of aliphatic imine (C=N–C) groups is 1. The minimum Gasteiger partial charge on any atom is -0.370 e. The van der Waals surface area contributed by atoms with Crippen LogP contribution in [0, 0.1) is 5.82 Å². The molecule has 1 atom stereocenters. The average Bonchev–Trinajstić information content (AvgIpc) is 2.71. The van der Waals surface area contributed by atoms with Crippen LogP contribution in [0.2, 0.25) is 0 Å². The molecule has 0 amide bonds. The summed E-state index contributed by atoms with van der Waals surface area (Å²) in [6.45, 7) is 2.82. The van der Waals surface area contributed by atoms with E-state index in [1.807, 2.05) is 6.92 Å². The van der Waals surface area contributed by atoms with Crippen molar-refractivity contribution in [1.29, 1.82) is 0 Å². The lowest BCUT2D eigenvalue weighted by Gasteiger charge is -2.26. The molecule has 1 aromatic rings. The Hall–Kier alpha value is -1.79. The summed E-state index contributed by atoms with van der Waals surface area (Å²) in [6.07, 6.45) is -3.92. The molecule has 1 unspecified atom stereocenters. The summed E-state index contributed by atoms with van der Waals surface area (Å²) in [5, 5.41) is 0. The molecule has 0 bridgehead atoms. The van der Waals surface area contributed by atoms with E-state index in [0.717, 1.165) is 18.6 Å². The first-order valence-electron chi connectivity index (χ1n) is 6.27. The molecular formula is C13H15F4N3. The largest absolute Gasteiger partial charge is 0.419 e. The van der Waals surface area contributed by atoms with Crippen molar-refractivity contribution in [3.05, 3.63) is 35.1 Å². The first-order chi connectivity index (χ1) is 9.34. The van der Waals surface area contributed by atoms with Crippen LogP contribution >= 0.6 is 0 Å². The van der Waals surface area contributed by atoms with Gasteiger partial charge in [0.2, 0.25) is 0 Å². The lowest BCUT2D eigenvalue weighted by molar-refractivity contribution is -0.140. The van der Waals surface area contributed by atoms with E-state index >= 15 is 0 Å². The number of halogens is 4. The molecule has 110 valence electrons. The Kier molecular flexibility index (Phi) is 3.87. The normalized spacial score (nSPS) is 19.4. The third-order valence-corrected chi connectivity index (χ3v) is 3.24. The molecule has 0 saturated heterocycles. The van der Waals surface area contributed by atoms with Crippen LogP contribution in [0.1, 0.15) is 30.5 Å².